The number of nitrogens with zero attached hydrogens (tertiary/aromatic N) is 2. The quantitative estimate of drug-likeness (QED) is 0.149. The first-order chi connectivity index (χ1) is 17.8. The maximum absolute atomic E-state index is 11.7. The first-order valence-corrected chi connectivity index (χ1v) is 12.2. The zero-order chi connectivity index (χ0) is 24.6. The van der Waals surface area contributed by atoms with Crippen molar-refractivity contribution in [2.75, 3.05) is 0 Å². The molecule has 0 amide bonds. The second-order valence-corrected chi connectivity index (χ2v) is 8.70. The summed E-state index contributed by atoms with van der Waals surface area (Å²) in [4.78, 5) is 16.1. The van der Waals surface area contributed by atoms with Gasteiger partial charge in [0.25, 0.3) is 0 Å². The number of rotatable bonds is 11. The predicted molar refractivity (Wildman–Crippen MR) is 142 cm³/mol. The van der Waals surface area contributed by atoms with E-state index in [1.54, 1.807) is 0 Å². The van der Waals surface area contributed by atoms with Crippen LogP contribution in [0.15, 0.2) is 103 Å². The Hall–Kier alpha value is -4.38. The van der Waals surface area contributed by atoms with Crippen LogP contribution in [-0.4, -0.2) is 15.8 Å². The molecule has 0 N–H and O–H groups in total. The molecule has 0 atom stereocenters. The van der Waals surface area contributed by atoms with E-state index in [1.165, 1.54) is 0 Å². The van der Waals surface area contributed by atoms with Gasteiger partial charge >= 0.3 is 0 Å². The van der Waals surface area contributed by atoms with Gasteiger partial charge in [0.15, 0.2) is 6.29 Å². The van der Waals surface area contributed by atoms with E-state index in [0.29, 0.717) is 23.7 Å². The van der Waals surface area contributed by atoms with Gasteiger partial charge in [-0.05, 0) is 79.4 Å². The predicted octanol–water partition coefficient (Wildman–Crippen LogP) is 7.24. The molecule has 0 bridgehead atoms. The third kappa shape index (κ3) is 5.81. The van der Waals surface area contributed by atoms with Crippen molar-refractivity contribution < 1.29 is 14.3 Å². The summed E-state index contributed by atoms with van der Waals surface area (Å²) < 4.78 is 14.1. The number of ether oxygens (including phenoxy) is 2. The van der Waals surface area contributed by atoms with Gasteiger partial charge in [-0.3, -0.25) is 9.78 Å². The normalized spacial score (nSPS) is 10.9. The molecule has 3 aromatic carbocycles. The summed E-state index contributed by atoms with van der Waals surface area (Å²) in [6, 6.07) is 29.6. The summed E-state index contributed by atoms with van der Waals surface area (Å²) in [5, 5.41) is 0.898. The molecule has 0 aliphatic rings. The van der Waals surface area contributed by atoms with E-state index >= 15 is 0 Å². The van der Waals surface area contributed by atoms with Crippen molar-refractivity contribution in [3.05, 3.63) is 120 Å². The Bertz CT molecular complexity index is 1410. The monoisotopic (exact) mass is 476 g/mol. The van der Waals surface area contributed by atoms with E-state index in [1.807, 2.05) is 97.3 Å². The standard InChI is InChI=1S/C31H28N2O3/c34-22-25-21-33(19-7-5-11-26-10-4-6-18-32-26)31-17-16-29(20-30(25)31)36-28-14-12-27(13-15-28)35-23-24-8-2-1-3-9-24/h1-4,6,8-10,12-18,20-22H,5,7,11,19,23H2. The molecule has 0 unspecified atom stereocenters. The van der Waals surface area contributed by atoms with E-state index in [2.05, 4.69) is 15.6 Å². The van der Waals surface area contributed by atoms with Gasteiger partial charge in [0.2, 0.25) is 0 Å². The molecule has 0 spiro atoms. The fraction of sp³-hybridized carbons (Fsp3) is 0.161. The van der Waals surface area contributed by atoms with Gasteiger partial charge in [0.1, 0.15) is 23.9 Å². The van der Waals surface area contributed by atoms with E-state index in [4.69, 9.17) is 9.47 Å². The molecular weight excluding hydrogens is 448 g/mol. The fourth-order valence-corrected chi connectivity index (χ4v) is 4.26. The highest BCUT2D eigenvalue weighted by atomic mass is 16.5. The van der Waals surface area contributed by atoms with Crippen LogP contribution < -0.4 is 9.47 Å². The topological polar surface area (TPSA) is 53.4 Å². The zero-order valence-electron chi connectivity index (χ0n) is 20.0. The highest BCUT2D eigenvalue weighted by molar-refractivity contribution is 5.98. The minimum atomic E-state index is 0.520. The third-order valence-electron chi connectivity index (χ3n) is 6.13. The van der Waals surface area contributed by atoms with Crippen LogP contribution in [0.1, 0.15) is 34.5 Å². The molecule has 0 fully saturated rings. The number of pyridine rings is 1. The van der Waals surface area contributed by atoms with Crippen molar-refractivity contribution in [3.8, 4) is 17.2 Å². The Morgan fingerprint density at radius 1 is 0.806 bits per heavy atom. The maximum Gasteiger partial charge on any atom is 0.152 e. The van der Waals surface area contributed by atoms with Gasteiger partial charge < -0.3 is 14.0 Å². The highest BCUT2D eigenvalue weighted by Gasteiger charge is 2.10. The fourth-order valence-electron chi connectivity index (χ4n) is 4.26. The zero-order valence-corrected chi connectivity index (χ0v) is 20.0. The molecule has 0 aliphatic carbocycles. The van der Waals surface area contributed by atoms with Crippen LogP contribution in [0.4, 0.5) is 0 Å². The lowest BCUT2D eigenvalue weighted by atomic mass is 10.1. The van der Waals surface area contributed by atoms with Crippen molar-refractivity contribution in [2.24, 2.45) is 0 Å². The van der Waals surface area contributed by atoms with Crippen LogP contribution in [0.25, 0.3) is 10.9 Å². The number of unbranched alkanes of at least 4 members (excludes halogenated alkanes) is 1. The van der Waals surface area contributed by atoms with Crippen LogP contribution in [0.3, 0.4) is 0 Å². The SMILES string of the molecule is O=Cc1cn(CCCCc2ccccn2)c2ccc(Oc3ccc(OCc4ccccc4)cc3)cc12. The second-order valence-electron chi connectivity index (χ2n) is 8.70. The van der Waals surface area contributed by atoms with E-state index < -0.39 is 0 Å². The summed E-state index contributed by atoms with van der Waals surface area (Å²) in [6.07, 6.45) is 7.68. The van der Waals surface area contributed by atoms with Crippen molar-refractivity contribution in [1.82, 2.24) is 9.55 Å². The number of fused-ring (bicyclic) bond motifs is 1. The lowest BCUT2D eigenvalue weighted by molar-refractivity contribution is 0.112. The lowest BCUT2D eigenvalue weighted by Gasteiger charge is -2.10. The maximum atomic E-state index is 11.7. The van der Waals surface area contributed by atoms with E-state index in [-0.39, 0.29) is 0 Å². The van der Waals surface area contributed by atoms with Crippen LogP contribution >= 0.6 is 0 Å². The van der Waals surface area contributed by atoms with Gasteiger partial charge in [-0.2, -0.15) is 0 Å². The Morgan fingerprint density at radius 3 is 2.36 bits per heavy atom. The Balaban J connectivity index is 1.21. The number of benzene rings is 3. The summed E-state index contributed by atoms with van der Waals surface area (Å²) in [7, 11) is 0. The summed E-state index contributed by atoms with van der Waals surface area (Å²) in [5.41, 5.74) is 3.94. The molecule has 5 heteroatoms. The van der Waals surface area contributed by atoms with E-state index in [0.717, 1.165) is 60.0 Å². The minimum absolute atomic E-state index is 0.520. The number of aryl methyl sites for hydroxylation is 2. The van der Waals surface area contributed by atoms with Crippen molar-refractivity contribution >= 4 is 17.2 Å². The molecule has 5 nitrogen and oxygen atoms in total. The first-order valence-electron chi connectivity index (χ1n) is 12.2. The van der Waals surface area contributed by atoms with Crippen molar-refractivity contribution in [1.29, 1.82) is 0 Å². The van der Waals surface area contributed by atoms with Crippen LogP contribution in [-0.2, 0) is 19.6 Å². The van der Waals surface area contributed by atoms with Crippen molar-refractivity contribution in [2.45, 2.75) is 32.4 Å². The van der Waals surface area contributed by atoms with Gasteiger partial charge in [-0.25, -0.2) is 0 Å². The molecule has 36 heavy (non-hydrogen) atoms. The van der Waals surface area contributed by atoms with Crippen LogP contribution in [0.5, 0.6) is 17.2 Å². The molecular formula is C31H28N2O3. The molecule has 0 aliphatic heterocycles. The third-order valence-corrected chi connectivity index (χ3v) is 6.13. The molecule has 2 aromatic heterocycles. The van der Waals surface area contributed by atoms with Crippen molar-refractivity contribution in [3.63, 3.8) is 0 Å². The molecule has 180 valence electrons. The number of hydrogen-bond acceptors (Lipinski definition) is 4. The smallest absolute Gasteiger partial charge is 0.152 e. The Kier molecular flexibility index (Phi) is 7.38. The summed E-state index contributed by atoms with van der Waals surface area (Å²) >= 11 is 0. The summed E-state index contributed by atoms with van der Waals surface area (Å²) in [6.45, 7) is 1.37. The second kappa shape index (κ2) is 11.4. The lowest BCUT2D eigenvalue weighted by Crippen LogP contribution is -1.98. The molecule has 0 saturated heterocycles. The van der Waals surface area contributed by atoms with Gasteiger partial charge in [0.05, 0.1) is 0 Å². The number of carbonyl (C=O) groups is 1. The van der Waals surface area contributed by atoms with Gasteiger partial charge in [0, 0.05) is 41.1 Å². The number of carbonyl (C=O) groups excluding carboxylic acids is 1. The molecule has 0 radical (unpaired) electrons. The average Bonchev–Trinajstić information content (AvgIpc) is 3.29. The van der Waals surface area contributed by atoms with Gasteiger partial charge in [-0.15, -0.1) is 0 Å². The van der Waals surface area contributed by atoms with Gasteiger partial charge in [-0.1, -0.05) is 36.4 Å². The molecule has 0 saturated carbocycles. The van der Waals surface area contributed by atoms with Crippen LogP contribution in [0, 0.1) is 0 Å². The molecule has 5 rings (SSSR count). The molecule has 2 heterocycles. The largest absolute Gasteiger partial charge is 0.489 e. The Morgan fingerprint density at radius 2 is 1.58 bits per heavy atom. The summed E-state index contributed by atoms with van der Waals surface area (Å²) in [5.74, 6) is 2.18. The number of hydrogen-bond donors (Lipinski definition) is 0. The number of aldehydes is 1. The number of aromatic nitrogens is 2. The van der Waals surface area contributed by atoms with E-state index in [9.17, 15) is 4.79 Å². The highest BCUT2D eigenvalue weighted by Crippen LogP contribution is 2.30. The first kappa shape index (κ1) is 23.4. The minimum Gasteiger partial charge on any atom is -0.489 e. The Labute approximate surface area is 211 Å². The van der Waals surface area contributed by atoms with Crippen LogP contribution in [0.2, 0.25) is 0 Å². The molecule has 5 aromatic rings. The average molecular weight is 477 g/mol.